The molecule has 0 saturated carbocycles. The van der Waals surface area contributed by atoms with Crippen LogP contribution in [0.2, 0.25) is 0 Å². The van der Waals surface area contributed by atoms with E-state index in [9.17, 15) is 8.42 Å². The first kappa shape index (κ1) is 15.4. The predicted octanol–water partition coefficient (Wildman–Crippen LogP) is 0.308. The van der Waals surface area contributed by atoms with Gasteiger partial charge in [-0.05, 0) is 11.8 Å². The molecule has 8 heteroatoms. The van der Waals surface area contributed by atoms with Crippen LogP contribution in [0.5, 0.6) is 0 Å². The second-order valence-electron chi connectivity index (χ2n) is 2.78. The topological polar surface area (TPSA) is 79.8 Å². The number of thioether (sulfide) groups is 1. The van der Waals surface area contributed by atoms with E-state index in [4.69, 9.17) is 4.74 Å². The second-order valence-corrected chi connectivity index (χ2v) is 5.68. The van der Waals surface area contributed by atoms with E-state index in [1.807, 2.05) is 6.92 Å². The summed E-state index contributed by atoms with van der Waals surface area (Å²) in [5.41, 5.74) is -0.305. The first-order valence-electron chi connectivity index (χ1n) is 4.46. The summed E-state index contributed by atoms with van der Waals surface area (Å²) in [4.78, 5) is 0.986. The molecule has 0 aliphatic rings. The highest BCUT2D eigenvalue weighted by Gasteiger charge is 2.13. The van der Waals surface area contributed by atoms with Crippen molar-refractivity contribution in [3.8, 4) is 0 Å². The Labute approximate surface area is 101 Å². The molecule has 0 heterocycles. The molecule has 0 aliphatic carbocycles. The molecule has 1 unspecified atom stereocenters. The van der Waals surface area contributed by atoms with Crippen molar-refractivity contribution >= 4 is 28.7 Å². The maximum absolute atomic E-state index is 11.0. The van der Waals surface area contributed by atoms with Crippen molar-refractivity contribution in [3.63, 3.8) is 0 Å². The average Bonchev–Trinajstić information content (AvgIpc) is 2.24. The molecule has 0 fully saturated rings. The molecule has 0 bridgehead atoms. The Kier molecular flexibility index (Phi) is 7.39. The molecule has 0 radical (unpaired) electrons. The molecule has 2 N–H and O–H groups in total. The van der Waals surface area contributed by atoms with Crippen molar-refractivity contribution < 1.29 is 13.2 Å². The van der Waals surface area contributed by atoms with Crippen LogP contribution in [0.3, 0.4) is 0 Å². The summed E-state index contributed by atoms with van der Waals surface area (Å²) in [5, 5.41) is 2.87. The van der Waals surface area contributed by atoms with Crippen molar-refractivity contribution in [3.05, 3.63) is 11.1 Å². The first-order valence-corrected chi connectivity index (χ1v) is 6.78. The maximum atomic E-state index is 11.0. The Morgan fingerprint density at radius 2 is 2.31 bits per heavy atom. The van der Waals surface area contributed by atoms with E-state index in [2.05, 4.69) is 21.2 Å². The lowest BCUT2D eigenvalue weighted by molar-refractivity contribution is 0.176. The number of allylic oxidation sites excluding steroid dienone is 1. The fourth-order valence-electron chi connectivity index (χ4n) is 0.837. The van der Waals surface area contributed by atoms with Crippen molar-refractivity contribution in [2.75, 3.05) is 20.7 Å². The highest BCUT2D eigenvalue weighted by molar-refractivity contribution is 8.03. The van der Waals surface area contributed by atoms with E-state index in [1.54, 1.807) is 13.2 Å². The van der Waals surface area contributed by atoms with Gasteiger partial charge in [-0.1, -0.05) is 11.8 Å². The number of ether oxygens (including phenoxy) is 1. The molecular formula is C8H17N3O3S2. The van der Waals surface area contributed by atoms with Gasteiger partial charge in [-0.15, -0.1) is 0 Å². The van der Waals surface area contributed by atoms with Gasteiger partial charge in [-0.3, -0.25) is 0 Å². The zero-order valence-corrected chi connectivity index (χ0v) is 11.2. The zero-order valence-electron chi connectivity index (χ0n) is 9.56. The summed E-state index contributed by atoms with van der Waals surface area (Å²) in [6.45, 7) is 4.99. The van der Waals surface area contributed by atoms with Crippen molar-refractivity contribution in [1.82, 2.24) is 10.0 Å². The molecule has 16 heavy (non-hydrogen) atoms. The molecule has 0 aromatic heterocycles. The van der Waals surface area contributed by atoms with Crippen molar-refractivity contribution in [2.45, 2.75) is 12.4 Å². The number of hydrogen-bond acceptors (Lipinski definition) is 5. The minimum atomic E-state index is -3.64. The number of nitrogens with one attached hydrogen (secondary N) is 2. The van der Waals surface area contributed by atoms with Gasteiger partial charge in [0.2, 0.25) is 0 Å². The summed E-state index contributed by atoms with van der Waals surface area (Å²) in [6, 6.07) is 0. The number of rotatable bonds is 8. The van der Waals surface area contributed by atoms with Crippen LogP contribution >= 0.6 is 11.8 Å². The SMILES string of the molecule is C=NS(=O)(=O)NCC(OC)S/C(C)=C\NC. The average molecular weight is 267 g/mol. The van der Waals surface area contributed by atoms with Crippen LogP contribution in [-0.4, -0.2) is 41.3 Å². The lowest BCUT2D eigenvalue weighted by atomic mass is 10.7. The van der Waals surface area contributed by atoms with Crippen LogP contribution in [0.25, 0.3) is 0 Å². The summed E-state index contributed by atoms with van der Waals surface area (Å²) >= 11 is 1.41. The highest BCUT2D eigenvalue weighted by atomic mass is 32.2. The molecule has 0 amide bonds. The minimum absolute atomic E-state index is 0.136. The predicted molar refractivity (Wildman–Crippen MR) is 67.7 cm³/mol. The lowest BCUT2D eigenvalue weighted by Gasteiger charge is -2.14. The summed E-state index contributed by atoms with van der Waals surface area (Å²) in [6.07, 6.45) is 1.80. The molecule has 0 aliphatic heterocycles. The molecule has 0 aromatic rings. The first-order chi connectivity index (χ1) is 7.45. The molecule has 1 atom stereocenters. The third kappa shape index (κ3) is 6.83. The Bertz CT molecular complexity index is 340. The monoisotopic (exact) mass is 267 g/mol. The quantitative estimate of drug-likeness (QED) is 0.489. The van der Waals surface area contributed by atoms with Gasteiger partial charge in [0, 0.05) is 33.6 Å². The summed E-state index contributed by atoms with van der Waals surface area (Å²) in [7, 11) is -0.336. The Morgan fingerprint density at radius 3 is 2.75 bits per heavy atom. The molecular weight excluding hydrogens is 250 g/mol. The van der Waals surface area contributed by atoms with E-state index >= 15 is 0 Å². The zero-order chi connectivity index (χ0) is 12.6. The van der Waals surface area contributed by atoms with Gasteiger partial charge in [-0.25, -0.2) is 0 Å². The van der Waals surface area contributed by atoms with E-state index in [1.165, 1.54) is 18.9 Å². The molecule has 94 valence electrons. The van der Waals surface area contributed by atoms with E-state index in [0.717, 1.165) is 4.91 Å². The maximum Gasteiger partial charge on any atom is 0.319 e. The summed E-state index contributed by atoms with van der Waals surface area (Å²) in [5.74, 6) is 0. The number of nitrogens with zero attached hydrogens (tertiary/aromatic N) is 1. The number of hydrogen-bond donors (Lipinski definition) is 2. The van der Waals surface area contributed by atoms with Gasteiger partial charge >= 0.3 is 10.2 Å². The van der Waals surface area contributed by atoms with Crippen LogP contribution in [-0.2, 0) is 14.9 Å². The molecule has 6 nitrogen and oxygen atoms in total. The van der Waals surface area contributed by atoms with Gasteiger partial charge in [0.15, 0.2) is 0 Å². The van der Waals surface area contributed by atoms with Crippen LogP contribution in [0.4, 0.5) is 0 Å². The molecule has 0 rings (SSSR count). The number of methoxy groups -OCH3 is 1. The van der Waals surface area contributed by atoms with E-state index < -0.39 is 10.2 Å². The largest absolute Gasteiger partial charge is 0.393 e. The Hall–Kier alpha value is -0.570. The highest BCUT2D eigenvalue weighted by Crippen LogP contribution is 2.20. The van der Waals surface area contributed by atoms with Crippen molar-refractivity contribution in [1.29, 1.82) is 0 Å². The summed E-state index contributed by atoms with van der Waals surface area (Å²) < 4.78 is 32.3. The normalized spacial score (nSPS) is 14.6. The van der Waals surface area contributed by atoms with Gasteiger partial charge < -0.3 is 10.1 Å². The Morgan fingerprint density at radius 1 is 1.69 bits per heavy atom. The molecule has 0 aromatic carbocycles. The van der Waals surface area contributed by atoms with E-state index in [0.29, 0.717) is 0 Å². The van der Waals surface area contributed by atoms with Gasteiger partial charge in [0.1, 0.15) is 5.44 Å². The van der Waals surface area contributed by atoms with Crippen molar-refractivity contribution in [2.24, 2.45) is 4.40 Å². The lowest BCUT2D eigenvalue weighted by Crippen LogP contribution is -2.30. The van der Waals surface area contributed by atoms with Gasteiger partial charge in [-0.2, -0.15) is 17.5 Å². The standard InChI is InChI=1S/C8H17N3O3S2/c1-7(5-9-2)15-8(14-4)6-11-16(12,13)10-3/h5,8-9,11H,3,6H2,1-2,4H3/b7-5-. The second kappa shape index (κ2) is 7.66. The third-order valence-electron chi connectivity index (χ3n) is 1.53. The fraction of sp³-hybridized carbons (Fsp3) is 0.625. The van der Waals surface area contributed by atoms with Crippen LogP contribution in [0.15, 0.2) is 15.5 Å². The smallest absolute Gasteiger partial charge is 0.319 e. The van der Waals surface area contributed by atoms with Crippen LogP contribution in [0, 0.1) is 0 Å². The Balaban J connectivity index is 4.22. The van der Waals surface area contributed by atoms with Crippen LogP contribution < -0.4 is 10.0 Å². The minimum Gasteiger partial charge on any atom is -0.393 e. The van der Waals surface area contributed by atoms with Crippen LogP contribution in [0.1, 0.15) is 6.92 Å². The molecule has 0 saturated heterocycles. The van der Waals surface area contributed by atoms with E-state index in [-0.39, 0.29) is 12.0 Å². The third-order valence-corrected chi connectivity index (χ3v) is 3.51. The van der Waals surface area contributed by atoms with Gasteiger partial charge in [0.25, 0.3) is 0 Å². The van der Waals surface area contributed by atoms with Gasteiger partial charge in [0.05, 0.1) is 0 Å². The fourth-order valence-corrected chi connectivity index (χ4v) is 2.26. The molecule has 0 spiro atoms.